The Morgan fingerprint density at radius 3 is 2.75 bits per heavy atom. The van der Waals surface area contributed by atoms with Crippen molar-refractivity contribution in [1.82, 2.24) is 0 Å². The molecule has 2 aromatic rings. The molecule has 1 unspecified atom stereocenters. The molecule has 2 nitrogen and oxygen atoms in total. The summed E-state index contributed by atoms with van der Waals surface area (Å²) in [6, 6.07) is 12.4. The number of benzene rings is 2. The molecule has 0 aliphatic heterocycles. The van der Waals surface area contributed by atoms with E-state index in [0.29, 0.717) is 11.6 Å². The summed E-state index contributed by atoms with van der Waals surface area (Å²) >= 11 is 5.79. The summed E-state index contributed by atoms with van der Waals surface area (Å²) < 4.78 is 5.77. The molecule has 106 valence electrons. The van der Waals surface area contributed by atoms with Crippen LogP contribution in [0.15, 0.2) is 48.0 Å². The standard InChI is InChI=1S/C17H20ClNO/c1-3-14(19)10-16-15-7-5-4-6-13(15)8-9-17(16)20-11-12(2)18/h4-9,14H,2-3,10-11,19H2,1H3. The van der Waals surface area contributed by atoms with Crippen LogP contribution in [0.3, 0.4) is 0 Å². The van der Waals surface area contributed by atoms with Gasteiger partial charge in [-0.25, -0.2) is 0 Å². The van der Waals surface area contributed by atoms with Crippen LogP contribution in [0.5, 0.6) is 5.75 Å². The molecule has 0 saturated heterocycles. The number of halogens is 1. The molecule has 0 aliphatic rings. The van der Waals surface area contributed by atoms with E-state index in [-0.39, 0.29) is 6.04 Å². The van der Waals surface area contributed by atoms with E-state index in [0.717, 1.165) is 24.2 Å². The van der Waals surface area contributed by atoms with Gasteiger partial charge in [0.2, 0.25) is 0 Å². The van der Waals surface area contributed by atoms with Crippen LogP contribution in [0, 0.1) is 0 Å². The lowest BCUT2D eigenvalue weighted by atomic mass is 9.97. The van der Waals surface area contributed by atoms with E-state index in [4.69, 9.17) is 22.1 Å². The molecule has 2 N–H and O–H groups in total. The highest BCUT2D eigenvalue weighted by molar-refractivity contribution is 6.29. The second-order valence-corrected chi connectivity index (χ2v) is 5.48. The highest BCUT2D eigenvalue weighted by atomic mass is 35.5. The van der Waals surface area contributed by atoms with Crippen molar-refractivity contribution in [1.29, 1.82) is 0 Å². The van der Waals surface area contributed by atoms with E-state index >= 15 is 0 Å². The quantitative estimate of drug-likeness (QED) is 0.863. The fraction of sp³-hybridized carbons (Fsp3) is 0.294. The maximum absolute atomic E-state index is 6.12. The van der Waals surface area contributed by atoms with Gasteiger partial charge in [-0.3, -0.25) is 0 Å². The second kappa shape index (κ2) is 6.78. The largest absolute Gasteiger partial charge is 0.488 e. The van der Waals surface area contributed by atoms with Gasteiger partial charge in [0.15, 0.2) is 0 Å². The molecule has 0 fully saturated rings. The van der Waals surface area contributed by atoms with Gasteiger partial charge in [-0.2, -0.15) is 0 Å². The molecule has 0 radical (unpaired) electrons. The van der Waals surface area contributed by atoms with Crippen molar-refractivity contribution in [3.8, 4) is 5.75 Å². The number of nitrogens with two attached hydrogens (primary N) is 1. The molecule has 1 atom stereocenters. The van der Waals surface area contributed by atoms with Gasteiger partial charge in [0.05, 0.1) is 0 Å². The normalized spacial score (nSPS) is 12.3. The van der Waals surface area contributed by atoms with Gasteiger partial charge >= 0.3 is 0 Å². The Hall–Kier alpha value is -1.51. The molecule has 2 rings (SSSR count). The van der Waals surface area contributed by atoms with Crippen LogP contribution in [0.4, 0.5) is 0 Å². The van der Waals surface area contributed by atoms with Crippen molar-refractivity contribution in [2.75, 3.05) is 6.61 Å². The lowest BCUT2D eigenvalue weighted by molar-refractivity contribution is 0.355. The van der Waals surface area contributed by atoms with Crippen molar-refractivity contribution in [3.05, 3.63) is 53.6 Å². The predicted molar refractivity (Wildman–Crippen MR) is 86.4 cm³/mol. The smallest absolute Gasteiger partial charge is 0.123 e. The first-order valence-corrected chi connectivity index (χ1v) is 7.22. The molecule has 2 aromatic carbocycles. The van der Waals surface area contributed by atoms with E-state index < -0.39 is 0 Å². The van der Waals surface area contributed by atoms with Crippen molar-refractivity contribution >= 4 is 22.4 Å². The van der Waals surface area contributed by atoms with Gasteiger partial charge < -0.3 is 10.5 Å². The first-order chi connectivity index (χ1) is 9.61. The van der Waals surface area contributed by atoms with Crippen molar-refractivity contribution < 1.29 is 4.74 Å². The van der Waals surface area contributed by atoms with Crippen molar-refractivity contribution in [3.63, 3.8) is 0 Å². The zero-order valence-electron chi connectivity index (χ0n) is 11.7. The zero-order valence-corrected chi connectivity index (χ0v) is 12.5. The molecule has 0 amide bonds. The Morgan fingerprint density at radius 2 is 2.05 bits per heavy atom. The zero-order chi connectivity index (χ0) is 14.5. The van der Waals surface area contributed by atoms with E-state index in [1.54, 1.807) is 0 Å². The fourth-order valence-corrected chi connectivity index (χ4v) is 2.28. The Labute approximate surface area is 125 Å². The van der Waals surface area contributed by atoms with Gasteiger partial charge in [-0.05, 0) is 29.7 Å². The number of hydrogen-bond donors (Lipinski definition) is 1. The Bertz CT molecular complexity index is 609. The first kappa shape index (κ1) is 14.9. The van der Waals surface area contributed by atoms with E-state index in [1.165, 1.54) is 10.8 Å². The lowest BCUT2D eigenvalue weighted by Crippen LogP contribution is -2.22. The number of ether oxygens (including phenoxy) is 1. The summed E-state index contributed by atoms with van der Waals surface area (Å²) in [6.45, 7) is 6.06. The molecule has 0 bridgehead atoms. The maximum Gasteiger partial charge on any atom is 0.123 e. The minimum absolute atomic E-state index is 0.127. The van der Waals surface area contributed by atoms with Crippen LogP contribution in [0.2, 0.25) is 0 Å². The summed E-state index contributed by atoms with van der Waals surface area (Å²) in [7, 11) is 0. The third kappa shape index (κ3) is 3.53. The van der Waals surface area contributed by atoms with Crippen molar-refractivity contribution in [2.45, 2.75) is 25.8 Å². The third-order valence-corrected chi connectivity index (χ3v) is 3.48. The molecule has 0 aromatic heterocycles. The molecule has 0 spiro atoms. The van der Waals surface area contributed by atoms with Crippen LogP contribution in [0.25, 0.3) is 10.8 Å². The predicted octanol–water partition coefficient (Wildman–Crippen LogP) is 4.25. The van der Waals surface area contributed by atoms with Crippen LogP contribution in [0.1, 0.15) is 18.9 Å². The van der Waals surface area contributed by atoms with Crippen LogP contribution < -0.4 is 10.5 Å². The Kier molecular flexibility index (Phi) is 5.05. The molecular formula is C17H20ClNO. The highest BCUT2D eigenvalue weighted by Gasteiger charge is 2.12. The maximum atomic E-state index is 6.12. The summed E-state index contributed by atoms with van der Waals surface area (Å²) in [6.07, 6.45) is 1.73. The molecule has 0 saturated carbocycles. The van der Waals surface area contributed by atoms with Gasteiger partial charge in [-0.1, -0.05) is 55.4 Å². The minimum atomic E-state index is 0.127. The van der Waals surface area contributed by atoms with Crippen LogP contribution in [-0.4, -0.2) is 12.6 Å². The SMILES string of the molecule is C=C(Cl)COc1ccc2ccccc2c1CC(N)CC. The second-order valence-electron chi connectivity index (χ2n) is 4.94. The Balaban J connectivity index is 2.44. The highest BCUT2D eigenvalue weighted by Crippen LogP contribution is 2.29. The molecule has 3 heteroatoms. The van der Waals surface area contributed by atoms with E-state index in [9.17, 15) is 0 Å². The van der Waals surface area contributed by atoms with E-state index in [2.05, 4.69) is 31.7 Å². The lowest BCUT2D eigenvalue weighted by Gasteiger charge is -2.16. The van der Waals surface area contributed by atoms with Crippen molar-refractivity contribution in [2.24, 2.45) is 5.73 Å². The monoisotopic (exact) mass is 289 g/mol. The van der Waals surface area contributed by atoms with Gasteiger partial charge in [-0.15, -0.1) is 0 Å². The summed E-state index contributed by atoms with van der Waals surface area (Å²) in [4.78, 5) is 0. The average molecular weight is 290 g/mol. The summed E-state index contributed by atoms with van der Waals surface area (Å²) in [5.41, 5.74) is 7.27. The van der Waals surface area contributed by atoms with Crippen LogP contribution >= 0.6 is 11.6 Å². The van der Waals surface area contributed by atoms with Gasteiger partial charge in [0.1, 0.15) is 12.4 Å². The molecular weight excluding hydrogens is 270 g/mol. The Morgan fingerprint density at radius 1 is 1.30 bits per heavy atom. The number of fused-ring (bicyclic) bond motifs is 1. The van der Waals surface area contributed by atoms with Gasteiger partial charge in [0.25, 0.3) is 0 Å². The average Bonchev–Trinajstić information content (AvgIpc) is 2.46. The topological polar surface area (TPSA) is 35.2 Å². The number of hydrogen-bond acceptors (Lipinski definition) is 2. The molecule has 20 heavy (non-hydrogen) atoms. The summed E-state index contributed by atoms with van der Waals surface area (Å²) in [5.74, 6) is 0.842. The van der Waals surface area contributed by atoms with Crippen LogP contribution in [-0.2, 0) is 6.42 Å². The number of rotatable bonds is 6. The third-order valence-electron chi connectivity index (χ3n) is 3.37. The summed E-state index contributed by atoms with van der Waals surface area (Å²) in [5, 5.41) is 2.88. The van der Waals surface area contributed by atoms with E-state index in [1.807, 2.05) is 18.2 Å². The minimum Gasteiger partial charge on any atom is -0.488 e. The molecule has 0 aliphatic carbocycles. The fourth-order valence-electron chi connectivity index (χ4n) is 2.22. The van der Waals surface area contributed by atoms with Gasteiger partial charge in [0, 0.05) is 16.6 Å². The molecule has 0 heterocycles. The first-order valence-electron chi connectivity index (χ1n) is 6.84.